The lowest BCUT2D eigenvalue weighted by atomic mass is 9.81. The van der Waals surface area contributed by atoms with Gasteiger partial charge in [0.15, 0.2) is 0 Å². The summed E-state index contributed by atoms with van der Waals surface area (Å²) < 4.78 is 2.49. The van der Waals surface area contributed by atoms with Crippen LogP contribution >= 0.6 is 0 Å². The first-order chi connectivity index (χ1) is 26.1. The molecule has 0 saturated carbocycles. The Balaban J connectivity index is 1.10. The summed E-state index contributed by atoms with van der Waals surface area (Å²) in [7, 11) is 0. The summed E-state index contributed by atoms with van der Waals surface area (Å²) in [4.78, 5) is 6.65. The van der Waals surface area contributed by atoms with Crippen molar-refractivity contribution in [3.05, 3.63) is 199 Å². The van der Waals surface area contributed by atoms with Crippen LogP contribution in [0, 0.1) is 0 Å². The third kappa shape index (κ3) is 5.00. The van der Waals surface area contributed by atoms with Crippen molar-refractivity contribution in [2.75, 3.05) is 4.90 Å². The number of anilines is 3. The highest BCUT2D eigenvalue weighted by molar-refractivity contribution is 6.11. The van der Waals surface area contributed by atoms with Crippen LogP contribution in [0.4, 0.5) is 17.1 Å². The molecule has 2 aromatic heterocycles. The van der Waals surface area contributed by atoms with Crippen molar-refractivity contribution in [3.63, 3.8) is 0 Å². The molecule has 9 aromatic rings. The number of para-hydroxylation sites is 2. The average molecular weight is 680 g/mol. The van der Waals surface area contributed by atoms with E-state index in [0.29, 0.717) is 0 Å². The first-order valence-electron chi connectivity index (χ1n) is 18.3. The Bertz CT molecular complexity index is 2790. The Morgan fingerprint density at radius 3 is 1.98 bits per heavy atom. The van der Waals surface area contributed by atoms with Crippen molar-refractivity contribution < 1.29 is 0 Å². The number of benzene rings is 7. The maximum Gasteiger partial charge on any atom is 0.0541 e. The summed E-state index contributed by atoms with van der Waals surface area (Å²) in [5.41, 5.74) is 16.9. The van der Waals surface area contributed by atoms with E-state index in [1.54, 1.807) is 0 Å². The zero-order valence-electron chi connectivity index (χ0n) is 29.7. The van der Waals surface area contributed by atoms with Gasteiger partial charge in [-0.1, -0.05) is 123 Å². The molecular weight excluding hydrogens is 643 g/mol. The second-order valence-electron chi connectivity index (χ2n) is 14.5. The molecule has 0 aliphatic heterocycles. The van der Waals surface area contributed by atoms with Crippen molar-refractivity contribution in [1.82, 2.24) is 9.55 Å². The second kappa shape index (κ2) is 12.2. The molecule has 0 saturated heterocycles. The standard InChI is InChI=1S/C50H37N3/c1-50(2)45-21-8-6-18-41(45)43-20-11-23-48(49(43)50)53-46-22-9-7-19-42(46)44-32-36(26-29-47(44)53)35-13-10-17-40(31-35)52(38-15-4-3-5-16-38)39-27-24-34(25-28-39)37-14-12-30-51-33-37/h3-33H,1-2H3. The molecule has 1 aliphatic carbocycles. The number of hydrogen-bond donors (Lipinski definition) is 0. The summed E-state index contributed by atoms with van der Waals surface area (Å²) >= 11 is 0. The SMILES string of the molecule is CC1(C)c2ccccc2-c2cccc(-n3c4ccccc4c4cc(-c5cccc(N(c6ccccc6)c6ccc(-c7cccnc7)cc6)c5)ccc43)c21. The molecule has 1 aliphatic rings. The van der Waals surface area contributed by atoms with Crippen LogP contribution in [-0.4, -0.2) is 9.55 Å². The highest BCUT2D eigenvalue weighted by atomic mass is 15.1. The molecule has 0 fully saturated rings. The predicted molar refractivity (Wildman–Crippen MR) is 222 cm³/mol. The van der Waals surface area contributed by atoms with Crippen molar-refractivity contribution >= 4 is 38.9 Å². The third-order valence-electron chi connectivity index (χ3n) is 11.0. The van der Waals surface area contributed by atoms with Gasteiger partial charge in [-0.05, 0) is 111 Å². The highest BCUT2D eigenvalue weighted by Gasteiger charge is 2.38. The molecule has 0 spiro atoms. The van der Waals surface area contributed by atoms with Crippen molar-refractivity contribution in [2.45, 2.75) is 19.3 Å². The predicted octanol–water partition coefficient (Wildman–Crippen LogP) is 13.3. The van der Waals surface area contributed by atoms with Crippen molar-refractivity contribution in [1.29, 1.82) is 0 Å². The molecule has 0 amide bonds. The molecule has 7 aromatic carbocycles. The Kier molecular flexibility index (Phi) is 7.16. The topological polar surface area (TPSA) is 21.1 Å². The number of pyridine rings is 1. The normalized spacial score (nSPS) is 12.9. The van der Waals surface area contributed by atoms with Gasteiger partial charge >= 0.3 is 0 Å². The Labute approximate surface area is 310 Å². The van der Waals surface area contributed by atoms with E-state index in [1.165, 1.54) is 60.9 Å². The number of aromatic nitrogens is 2. The van der Waals surface area contributed by atoms with E-state index in [4.69, 9.17) is 0 Å². The maximum atomic E-state index is 4.32. The molecule has 2 heterocycles. The lowest BCUT2D eigenvalue weighted by Gasteiger charge is -2.26. The Morgan fingerprint density at radius 1 is 0.472 bits per heavy atom. The van der Waals surface area contributed by atoms with Crippen LogP contribution in [0.1, 0.15) is 25.0 Å². The van der Waals surface area contributed by atoms with Crippen LogP contribution in [0.2, 0.25) is 0 Å². The molecule has 3 heteroatoms. The zero-order valence-corrected chi connectivity index (χ0v) is 29.7. The lowest BCUT2D eigenvalue weighted by molar-refractivity contribution is 0.656. The van der Waals surface area contributed by atoms with Gasteiger partial charge in [0.25, 0.3) is 0 Å². The van der Waals surface area contributed by atoms with Crippen LogP contribution in [-0.2, 0) is 5.41 Å². The summed E-state index contributed by atoms with van der Waals surface area (Å²) in [5, 5.41) is 2.51. The molecule has 252 valence electrons. The fourth-order valence-corrected chi connectivity index (χ4v) is 8.60. The second-order valence-corrected chi connectivity index (χ2v) is 14.5. The number of nitrogens with zero attached hydrogens (tertiary/aromatic N) is 3. The van der Waals surface area contributed by atoms with Crippen LogP contribution in [0.3, 0.4) is 0 Å². The van der Waals surface area contributed by atoms with Gasteiger partial charge in [0.2, 0.25) is 0 Å². The van der Waals surface area contributed by atoms with Gasteiger partial charge in [-0.3, -0.25) is 4.98 Å². The van der Waals surface area contributed by atoms with E-state index in [0.717, 1.165) is 28.2 Å². The Hall–Kier alpha value is -6.71. The fourth-order valence-electron chi connectivity index (χ4n) is 8.60. The quantitative estimate of drug-likeness (QED) is 0.174. The number of fused-ring (bicyclic) bond motifs is 6. The molecule has 0 unspecified atom stereocenters. The first kappa shape index (κ1) is 31.1. The molecule has 53 heavy (non-hydrogen) atoms. The van der Waals surface area contributed by atoms with Crippen molar-refractivity contribution in [2.24, 2.45) is 0 Å². The molecular formula is C50H37N3. The first-order valence-corrected chi connectivity index (χ1v) is 18.3. The van der Waals surface area contributed by atoms with Crippen LogP contribution < -0.4 is 4.90 Å². The summed E-state index contributed by atoms with van der Waals surface area (Å²) in [6.45, 7) is 4.74. The minimum Gasteiger partial charge on any atom is -0.310 e. The van der Waals surface area contributed by atoms with Crippen LogP contribution in [0.25, 0.3) is 60.9 Å². The van der Waals surface area contributed by atoms with Crippen molar-refractivity contribution in [3.8, 4) is 39.1 Å². The van der Waals surface area contributed by atoms with Gasteiger partial charge in [-0.2, -0.15) is 0 Å². The Morgan fingerprint density at radius 2 is 1.13 bits per heavy atom. The van der Waals surface area contributed by atoms with Crippen LogP contribution in [0.5, 0.6) is 0 Å². The van der Waals surface area contributed by atoms with E-state index >= 15 is 0 Å². The van der Waals surface area contributed by atoms with Gasteiger partial charge in [0, 0.05) is 45.6 Å². The van der Waals surface area contributed by atoms with Gasteiger partial charge < -0.3 is 9.47 Å². The average Bonchev–Trinajstić information content (AvgIpc) is 3.67. The molecule has 10 rings (SSSR count). The van der Waals surface area contributed by atoms with E-state index in [9.17, 15) is 0 Å². The summed E-state index contributed by atoms with van der Waals surface area (Å²) in [5.74, 6) is 0. The van der Waals surface area contributed by atoms with Gasteiger partial charge in [-0.15, -0.1) is 0 Å². The van der Waals surface area contributed by atoms with E-state index in [1.807, 2.05) is 18.5 Å². The molecule has 0 N–H and O–H groups in total. The van der Waals surface area contributed by atoms with Crippen LogP contribution in [0.15, 0.2) is 188 Å². The van der Waals surface area contributed by atoms with E-state index in [2.05, 4.69) is 198 Å². The fraction of sp³-hybridized carbons (Fsp3) is 0.0600. The summed E-state index contributed by atoms with van der Waals surface area (Å²) in [6, 6.07) is 63.9. The van der Waals surface area contributed by atoms with E-state index in [-0.39, 0.29) is 5.41 Å². The van der Waals surface area contributed by atoms with Gasteiger partial charge in [0.1, 0.15) is 0 Å². The third-order valence-corrected chi connectivity index (χ3v) is 11.0. The minimum atomic E-state index is -0.121. The summed E-state index contributed by atoms with van der Waals surface area (Å²) in [6.07, 6.45) is 3.72. The zero-order chi connectivity index (χ0) is 35.5. The van der Waals surface area contributed by atoms with Gasteiger partial charge in [-0.25, -0.2) is 0 Å². The molecule has 0 atom stereocenters. The highest BCUT2D eigenvalue weighted by Crippen LogP contribution is 2.52. The largest absolute Gasteiger partial charge is 0.310 e. The molecule has 0 radical (unpaired) electrons. The minimum absolute atomic E-state index is 0.121. The maximum absolute atomic E-state index is 4.32. The monoisotopic (exact) mass is 679 g/mol. The smallest absolute Gasteiger partial charge is 0.0541 e. The van der Waals surface area contributed by atoms with E-state index < -0.39 is 0 Å². The number of hydrogen-bond acceptors (Lipinski definition) is 2. The van der Waals surface area contributed by atoms with Gasteiger partial charge in [0.05, 0.1) is 16.7 Å². The number of rotatable bonds is 6. The molecule has 0 bridgehead atoms. The lowest BCUT2D eigenvalue weighted by Crippen LogP contribution is -2.17. The molecule has 3 nitrogen and oxygen atoms in total.